The summed E-state index contributed by atoms with van der Waals surface area (Å²) in [6.07, 6.45) is 10.0. The van der Waals surface area contributed by atoms with E-state index in [0.717, 1.165) is 6.42 Å². The number of rotatable bonds is 1. The SMILES string of the molecule is CO/C1=C\CCCCCC1. The van der Waals surface area contributed by atoms with Gasteiger partial charge in [0.15, 0.2) is 0 Å². The highest BCUT2D eigenvalue weighted by atomic mass is 16.5. The zero-order chi connectivity index (χ0) is 7.23. The van der Waals surface area contributed by atoms with Crippen LogP contribution in [0.5, 0.6) is 0 Å². The molecule has 1 aliphatic rings. The summed E-state index contributed by atoms with van der Waals surface area (Å²) in [4.78, 5) is 0. The Morgan fingerprint density at radius 3 is 2.80 bits per heavy atom. The van der Waals surface area contributed by atoms with Crippen LogP contribution in [-0.4, -0.2) is 7.11 Å². The van der Waals surface area contributed by atoms with Crippen LogP contribution in [0.15, 0.2) is 11.8 Å². The molecule has 0 radical (unpaired) electrons. The van der Waals surface area contributed by atoms with E-state index in [0.29, 0.717) is 0 Å². The van der Waals surface area contributed by atoms with E-state index >= 15 is 0 Å². The van der Waals surface area contributed by atoms with Crippen molar-refractivity contribution in [2.24, 2.45) is 0 Å². The van der Waals surface area contributed by atoms with Gasteiger partial charge in [0.2, 0.25) is 0 Å². The zero-order valence-corrected chi connectivity index (χ0v) is 6.73. The second kappa shape index (κ2) is 4.37. The summed E-state index contributed by atoms with van der Waals surface area (Å²) >= 11 is 0. The molecule has 0 saturated heterocycles. The van der Waals surface area contributed by atoms with Crippen LogP contribution in [0.1, 0.15) is 38.5 Å². The number of hydrogen-bond acceptors (Lipinski definition) is 1. The van der Waals surface area contributed by atoms with E-state index < -0.39 is 0 Å². The predicted molar refractivity (Wildman–Crippen MR) is 42.8 cm³/mol. The minimum absolute atomic E-state index is 1.15. The van der Waals surface area contributed by atoms with Crippen LogP contribution in [0.25, 0.3) is 0 Å². The van der Waals surface area contributed by atoms with Gasteiger partial charge in [0.25, 0.3) is 0 Å². The van der Waals surface area contributed by atoms with Crippen molar-refractivity contribution in [2.45, 2.75) is 38.5 Å². The summed E-state index contributed by atoms with van der Waals surface area (Å²) in [6.45, 7) is 0. The Kier molecular flexibility index (Phi) is 3.34. The van der Waals surface area contributed by atoms with Crippen molar-refractivity contribution in [3.05, 3.63) is 11.8 Å². The quantitative estimate of drug-likeness (QED) is 0.544. The molecule has 1 heteroatoms. The molecule has 0 saturated carbocycles. The molecule has 1 aliphatic carbocycles. The van der Waals surface area contributed by atoms with Crippen molar-refractivity contribution in [1.29, 1.82) is 0 Å². The summed E-state index contributed by atoms with van der Waals surface area (Å²) in [5.41, 5.74) is 0. The minimum Gasteiger partial charge on any atom is -0.501 e. The van der Waals surface area contributed by atoms with Crippen LogP contribution in [0.4, 0.5) is 0 Å². The second-order valence-electron chi connectivity index (χ2n) is 2.83. The summed E-state index contributed by atoms with van der Waals surface area (Å²) < 4.78 is 5.19. The predicted octanol–water partition coefficient (Wildman–Crippen LogP) is 2.87. The molecule has 1 rings (SSSR count). The average Bonchev–Trinajstić information content (AvgIpc) is 1.87. The van der Waals surface area contributed by atoms with E-state index in [-0.39, 0.29) is 0 Å². The van der Waals surface area contributed by atoms with Crippen LogP contribution in [0.3, 0.4) is 0 Å². The first-order chi connectivity index (χ1) is 4.93. The number of ether oxygens (including phenoxy) is 1. The Labute approximate surface area is 63.1 Å². The lowest BCUT2D eigenvalue weighted by atomic mass is 10.1. The molecule has 0 aromatic carbocycles. The van der Waals surface area contributed by atoms with E-state index in [1.165, 1.54) is 37.9 Å². The van der Waals surface area contributed by atoms with Crippen molar-refractivity contribution in [3.63, 3.8) is 0 Å². The van der Waals surface area contributed by atoms with Crippen molar-refractivity contribution in [3.8, 4) is 0 Å². The second-order valence-corrected chi connectivity index (χ2v) is 2.83. The lowest BCUT2D eigenvalue weighted by molar-refractivity contribution is 0.269. The van der Waals surface area contributed by atoms with Gasteiger partial charge in [-0.25, -0.2) is 0 Å². The Hall–Kier alpha value is -0.460. The van der Waals surface area contributed by atoms with Crippen molar-refractivity contribution in [2.75, 3.05) is 7.11 Å². The third kappa shape index (κ3) is 2.42. The largest absolute Gasteiger partial charge is 0.501 e. The van der Waals surface area contributed by atoms with Crippen LogP contribution < -0.4 is 0 Å². The highest BCUT2D eigenvalue weighted by molar-refractivity contribution is 4.93. The summed E-state index contributed by atoms with van der Waals surface area (Å²) in [5.74, 6) is 1.19. The third-order valence-electron chi connectivity index (χ3n) is 2.01. The number of allylic oxidation sites excluding steroid dienone is 2. The maximum absolute atomic E-state index is 5.19. The smallest absolute Gasteiger partial charge is 0.0915 e. The standard InChI is InChI=1S/C9H16O/c1-10-9-7-5-3-2-4-6-8-9/h7H,2-6,8H2,1H3/b9-7-. The summed E-state index contributed by atoms with van der Waals surface area (Å²) in [6, 6.07) is 0. The first-order valence-corrected chi connectivity index (χ1v) is 4.16. The molecule has 0 amide bonds. The molecule has 0 N–H and O–H groups in total. The van der Waals surface area contributed by atoms with Crippen molar-refractivity contribution in [1.82, 2.24) is 0 Å². The molecule has 10 heavy (non-hydrogen) atoms. The maximum Gasteiger partial charge on any atom is 0.0915 e. The van der Waals surface area contributed by atoms with E-state index in [1.807, 2.05) is 0 Å². The minimum atomic E-state index is 1.15. The molecule has 0 bridgehead atoms. The molecule has 58 valence electrons. The average molecular weight is 140 g/mol. The zero-order valence-electron chi connectivity index (χ0n) is 6.73. The van der Waals surface area contributed by atoms with Gasteiger partial charge in [-0.3, -0.25) is 0 Å². The summed E-state index contributed by atoms with van der Waals surface area (Å²) in [5, 5.41) is 0. The normalized spacial score (nSPS) is 25.9. The summed E-state index contributed by atoms with van der Waals surface area (Å²) in [7, 11) is 1.77. The first kappa shape index (κ1) is 7.64. The van der Waals surface area contributed by atoms with E-state index in [4.69, 9.17) is 4.74 Å². The van der Waals surface area contributed by atoms with Crippen LogP contribution in [-0.2, 0) is 4.74 Å². The fourth-order valence-electron chi connectivity index (χ4n) is 1.35. The molecule has 0 aromatic heterocycles. The van der Waals surface area contributed by atoms with Gasteiger partial charge < -0.3 is 4.74 Å². The van der Waals surface area contributed by atoms with Gasteiger partial charge in [0, 0.05) is 6.42 Å². The van der Waals surface area contributed by atoms with E-state index in [1.54, 1.807) is 7.11 Å². The third-order valence-corrected chi connectivity index (χ3v) is 2.01. The molecule has 0 spiro atoms. The highest BCUT2D eigenvalue weighted by Crippen LogP contribution is 2.16. The highest BCUT2D eigenvalue weighted by Gasteiger charge is 1.99. The van der Waals surface area contributed by atoms with E-state index in [9.17, 15) is 0 Å². The van der Waals surface area contributed by atoms with Gasteiger partial charge in [-0.05, 0) is 25.3 Å². The van der Waals surface area contributed by atoms with Gasteiger partial charge in [0.05, 0.1) is 12.9 Å². The van der Waals surface area contributed by atoms with Gasteiger partial charge in [-0.15, -0.1) is 0 Å². The molecular formula is C9H16O. The fourth-order valence-corrected chi connectivity index (χ4v) is 1.35. The Morgan fingerprint density at radius 2 is 2.00 bits per heavy atom. The van der Waals surface area contributed by atoms with Crippen molar-refractivity contribution < 1.29 is 4.74 Å². The monoisotopic (exact) mass is 140 g/mol. The Balaban J connectivity index is 2.35. The molecular weight excluding hydrogens is 124 g/mol. The molecule has 0 heterocycles. The number of hydrogen-bond donors (Lipinski definition) is 0. The number of methoxy groups -OCH3 is 1. The lowest BCUT2D eigenvalue weighted by Crippen LogP contribution is -1.91. The van der Waals surface area contributed by atoms with Crippen LogP contribution in [0.2, 0.25) is 0 Å². The van der Waals surface area contributed by atoms with Gasteiger partial charge in [-0.1, -0.05) is 12.8 Å². The molecule has 0 aliphatic heterocycles. The van der Waals surface area contributed by atoms with E-state index in [2.05, 4.69) is 6.08 Å². The maximum atomic E-state index is 5.19. The Bertz CT molecular complexity index is 116. The topological polar surface area (TPSA) is 9.23 Å². The van der Waals surface area contributed by atoms with Gasteiger partial charge in [0.1, 0.15) is 0 Å². The first-order valence-electron chi connectivity index (χ1n) is 4.16. The molecule has 0 unspecified atom stereocenters. The van der Waals surface area contributed by atoms with Crippen LogP contribution in [0, 0.1) is 0 Å². The van der Waals surface area contributed by atoms with Gasteiger partial charge in [-0.2, -0.15) is 0 Å². The van der Waals surface area contributed by atoms with Crippen molar-refractivity contribution >= 4 is 0 Å². The lowest BCUT2D eigenvalue weighted by Gasteiger charge is -2.09. The molecule has 0 fully saturated rings. The van der Waals surface area contributed by atoms with Gasteiger partial charge >= 0.3 is 0 Å². The van der Waals surface area contributed by atoms with Crippen LogP contribution >= 0.6 is 0 Å². The molecule has 0 aromatic rings. The Morgan fingerprint density at radius 1 is 1.20 bits per heavy atom. The fraction of sp³-hybridized carbons (Fsp3) is 0.778. The molecule has 0 atom stereocenters. The molecule has 1 nitrogen and oxygen atoms in total.